The molecule has 131 valence electrons. The fourth-order valence-electron chi connectivity index (χ4n) is 1.54. The fraction of sp³-hybridized carbons (Fsp3) is 0.200. The van der Waals surface area contributed by atoms with E-state index >= 15 is 0 Å². The summed E-state index contributed by atoms with van der Waals surface area (Å²) in [7, 11) is 0.750. The summed E-state index contributed by atoms with van der Waals surface area (Å²) in [5.74, 6) is 0.555. The molecule has 1 aromatic heterocycles. The summed E-state index contributed by atoms with van der Waals surface area (Å²) >= 11 is 14.5. The molecule has 1 aromatic carbocycles. The number of aliphatic imine (C=N–C) groups is 1. The molecule has 0 aliphatic carbocycles. The zero-order chi connectivity index (χ0) is 16.4. The van der Waals surface area contributed by atoms with Gasteiger partial charge in [0, 0.05) is 40.1 Å². The van der Waals surface area contributed by atoms with Crippen LogP contribution in [0.1, 0.15) is 5.56 Å². The van der Waals surface area contributed by atoms with E-state index in [0.29, 0.717) is 17.5 Å². The third kappa shape index (κ3) is 9.59. The van der Waals surface area contributed by atoms with Crippen LogP contribution < -0.4 is 5.11 Å². The standard InChI is InChI=1S/C14H12BrClN3S.CH3O.O.V/c15-11-5-6-13(18-9-11)19-14(20)17-8-7-10-3-1-2-4-12(10)16;1-2;;/h1-6,9H,7-8H2,(H-,17,18,19,20);1H3;;/q2*-1;-2;/p-1. The van der Waals surface area contributed by atoms with Crippen molar-refractivity contribution >= 4 is 51.1 Å². The van der Waals surface area contributed by atoms with Crippen LogP contribution in [-0.2, 0) is 43.1 Å². The Bertz CT molecular complexity index is 618. The van der Waals surface area contributed by atoms with E-state index in [0.717, 1.165) is 28.6 Å². The van der Waals surface area contributed by atoms with Crippen molar-refractivity contribution in [2.45, 2.75) is 6.42 Å². The van der Waals surface area contributed by atoms with Crippen LogP contribution >= 0.6 is 27.5 Å². The Labute approximate surface area is 172 Å². The summed E-state index contributed by atoms with van der Waals surface area (Å²) in [4.78, 5) is 8.27. The van der Waals surface area contributed by atoms with Crippen LogP contribution in [-0.4, -0.2) is 23.8 Å². The van der Waals surface area contributed by atoms with Crippen LogP contribution in [0.5, 0.6) is 0 Å². The summed E-state index contributed by atoms with van der Waals surface area (Å²) < 4.78 is 0.901. The Morgan fingerprint density at radius 2 is 1.96 bits per heavy atom. The first-order chi connectivity index (χ1) is 10.6. The van der Waals surface area contributed by atoms with Crippen molar-refractivity contribution in [3.63, 3.8) is 0 Å². The van der Waals surface area contributed by atoms with Crippen LogP contribution in [0.25, 0.3) is 5.32 Å². The predicted molar refractivity (Wildman–Crippen MR) is 96.4 cm³/mol. The van der Waals surface area contributed by atoms with Gasteiger partial charge in [-0.2, -0.15) is 7.11 Å². The van der Waals surface area contributed by atoms with Gasteiger partial charge in [0.1, 0.15) is 0 Å². The molecule has 0 aliphatic heterocycles. The number of benzene rings is 1. The van der Waals surface area contributed by atoms with E-state index in [-0.39, 0.29) is 24.0 Å². The molecule has 0 bridgehead atoms. The first-order valence-corrected chi connectivity index (χ1v) is 7.92. The van der Waals surface area contributed by atoms with Gasteiger partial charge in [-0.15, -0.1) is 0 Å². The smallest absolute Gasteiger partial charge is 0.0492 e. The average molecular weight is 467 g/mol. The van der Waals surface area contributed by atoms with Gasteiger partial charge in [0.05, 0.1) is 0 Å². The Morgan fingerprint density at radius 3 is 2.54 bits per heavy atom. The Balaban J connectivity index is 0. The van der Waals surface area contributed by atoms with E-state index in [2.05, 4.69) is 31.2 Å². The van der Waals surface area contributed by atoms with Crippen LogP contribution in [0.2, 0.25) is 5.02 Å². The molecule has 1 radical (unpaired) electrons. The number of rotatable bonds is 4. The minimum atomic E-state index is 0. The molecule has 0 fully saturated rings. The third-order valence-electron chi connectivity index (χ3n) is 2.51. The number of halogens is 2. The maximum atomic E-state index is 8.25. The molecule has 0 amide bonds. The second-order valence-electron chi connectivity index (χ2n) is 3.95. The second kappa shape index (κ2) is 14.7. The first kappa shape index (κ1) is 25.6. The van der Waals surface area contributed by atoms with E-state index in [1.54, 1.807) is 12.3 Å². The monoisotopic (exact) mass is 465 g/mol. The summed E-state index contributed by atoms with van der Waals surface area (Å²) in [5, 5.41) is 13.5. The van der Waals surface area contributed by atoms with Crippen LogP contribution in [0, 0.1) is 0 Å². The molecular formula is C15H14BrClN3O2SV-5. The average Bonchev–Trinajstić information content (AvgIpc) is 2.53. The van der Waals surface area contributed by atoms with Gasteiger partial charge >= 0.3 is 0 Å². The van der Waals surface area contributed by atoms with Gasteiger partial charge in [-0.05, 0) is 52.7 Å². The molecule has 2 rings (SSSR count). The minimum absolute atomic E-state index is 0. The zero-order valence-electron chi connectivity index (χ0n) is 12.7. The molecule has 0 atom stereocenters. The number of hydrogen-bond donors (Lipinski definition) is 0. The Kier molecular flexibility index (Phi) is 15.6. The molecule has 2 aromatic rings. The van der Waals surface area contributed by atoms with Gasteiger partial charge in [0.25, 0.3) is 0 Å². The zero-order valence-corrected chi connectivity index (χ0v) is 17.3. The number of nitrogens with zero attached hydrogens (tertiary/aromatic N) is 3. The summed E-state index contributed by atoms with van der Waals surface area (Å²) in [6.45, 7) is 0.558. The largest absolute Gasteiger partial charge is 2.00 e. The summed E-state index contributed by atoms with van der Waals surface area (Å²) in [6.07, 6.45) is 2.41. The molecule has 0 spiro atoms. The minimum Gasteiger partial charge on any atom is -2.00 e. The summed E-state index contributed by atoms with van der Waals surface area (Å²) in [6, 6.07) is 11.3. The van der Waals surface area contributed by atoms with Gasteiger partial charge in [-0.25, -0.2) is 5.17 Å². The number of amidine groups is 1. The number of pyridine rings is 1. The maximum Gasteiger partial charge on any atom is 0.0492 e. The van der Waals surface area contributed by atoms with Gasteiger partial charge in [0.2, 0.25) is 0 Å². The third-order valence-corrected chi connectivity index (χ3v) is 3.57. The van der Waals surface area contributed by atoms with Crippen molar-refractivity contribution in [1.82, 2.24) is 4.98 Å². The fourth-order valence-corrected chi connectivity index (χ4v) is 2.19. The molecule has 0 N–H and O–H groups in total. The number of hydrogen-bond acceptors (Lipinski definition) is 4. The molecule has 0 saturated heterocycles. The quantitative estimate of drug-likeness (QED) is 0.392. The van der Waals surface area contributed by atoms with Crippen LogP contribution in [0.3, 0.4) is 0 Å². The Morgan fingerprint density at radius 1 is 1.29 bits per heavy atom. The molecular weight excluding hydrogens is 453 g/mol. The van der Waals surface area contributed by atoms with Gasteiger partial charge in [-0.3, -0.25) is 4.98 Å². The van der Waals surface area contributed by atoms with Crippen LogP contribution in [0.4, 0.5) is 5.82 Å². The molecule has 5 nitrogen and oxygen atoms in total. The topological polar surface area (TPSA) is 90.9 Å². The second-order valence-corrected chi connectivity index (χ2v) is 5.64. The van der Waals surface area contributed by atoms with Crippen molar-refractivity contribution < 1.29 is 29.1 Å². The van der Waals surface area contributed by atoms with E-state index in [1.165, 1.54) is 0 Å². The normalized spacial score (nSPS) is 9.75. The van der Waals surface area contributed by atoms with E-state index in [4.69, 9.17) is 29.3 Å². The summed E-state index contributed by atoms with van der Waals surface area (Å²) in [5.41, 5.74) is 1.06. The van der Waals surface area contributed by atoms with E-state index in [1.807, 2.05) is 30.3 Å². The molecule has 9 heteroatoms. The van der Waals surface area contributed by atoms with E-state index < -0.39 is 0 Å². The van der Waals surface area contributed by atoms with Crippen LogP contribution in [0.15, 0.2) is 52.1 Å². The SMILES string of the molecule is C[O-].[O-2].[S-]C(=Nc1ccc(Br)cn1)[N-]CCc1ccccc1Cl.[V]. The molecule has 0 saturated carbocycles. The van der Waals surface area contributed by atoms with Crippen molar-refractivity contribution in [3.8, 4) is 0 Å². The van der Waals surface area contributed by atoms with Gasteiger partial charge < -0.3 is 33.5 Å². The van der Waals surface area contributed by atoms with Gasteiger partial charge in [-0.1, -0.05) is 29.8 Å². The molecule has 1 heterocycles. The number of aromatic nitrogens is 1. The van der Waals surface area contributed by atoms with E-state index in [9.17, 15) is 0 Å². The Hall–Kier alpha value is -0.666. The van der Waals surface area contributed by atoms with Crippen molar-refractivity contribution in [2.75, 3.05) is 13.7 Å². The van der Waals surface area contributed by atoms with Crippen molar-refractivity contribution in [2.24, 2.45) is 4.99 Å². The van der Waals surface area contributed by atoms with Crippen molar-refractivity contribution in [1.29, 1.82) is 0 Å². The maximum absolute atomic E-state index is 8.25. The predicted octanol–water partition coefficient (Wildman–Crippen LogP) is 3.50. The molecule has 24 heavy (non-hydrogen) atoms. The molecule has 0 unspecified atom stereocenters. The first-order valence-electron chi connectivity index (χ1n) is 6.34. The molecule has 0 aliphatic rings. The van der Waals surface area contributed by atoms with Crippen molar-refractivity contribution in [3.05, 3.63) is 63.0 Å². The van der Waals surface area contributed by atoms with Gasteiger partial charge in [0.15, 0.2) is 0 Å².